The molecule has 4 rings (SSSR count). The van der Waals surface area contributed by atoms with Crippen molar-refractivity contribution in [3.05, 3.63) is 88.4 Å². The van der Waals surface area contributed by atoms with Gasteiger partial charge in [-0.25, -0.2) is 8.42 Å². The van der Waals surface area contributed by atoms with Crippen LogP contribution in [0.15, 0.2) is 82.7 Å². The largest absolute Gasteiger partial charge is 0.441 e. The molecule has 2 unspecified atom stereocenters. The molecule has 0 spiro atoms. The van der Waals surface area contributed by atoms with Crippen molar-refractivity contribution in [2.45, 2.75) is 23.8 Å². The Kier molecular flexibility index (Phi) is 5.94. The van der Waals surface area contributed by atoms with Crippen LogP contribution in [0, 0.1) is 0 Å². The number of hydrogen-bond acceptors (Lipinski definition) is 6. The molecular weight excluding hydrogens is 471 g/mol. The number of aliphatic imine (C=N–C) groups is 1. The van der Waals surface area contributed by atoms with E-state index < -0.39 is 21.8 Å². The summed E-state index contributed by atoms with van der Waals surface area (Å²) >= 11 is 12.0. The van der Waals surface area contributed by atoms with Gasteiger partial charge in [0, 0.05) is 27.6 Å². The Balaban J connectivity index is 1.78. The van der Waals surface area contributed by atoms with E-state index in [0.717, 1.165) is 11.9 Å². The van der Waals surface area contributed by atoms with Gasteiger partial charge in [0.05, 0.1) is 4.90 Å². The predicted octanol–water partition coefficient (Wildman–Crippen LogP) is 4.78. The standard InChI is InChI=1S/C23H20Cl2N2O4S/c1-15-23(28,31-20-11-7-18(25)8-12-20)26-22(27(15)19-9-5-17(24)6-10-19)16-3-13-21(14-4-16)32(2,29)30/h3-15,28H,1-2H3. The van der Waals surface area contributed by atoms with Crippen molar-refractivity contribution in [1.82, 2.24) is 0 Å². The summed E-state index contributed by atoms with van der Waals surface area (Å²) in [5.41, 5.74) is 1.36. The Morgan fingerprint density at radius 3 is 2.00 bits per heavy atom. The van der Waals surface area contributed by atoms with Gasteiger partial charge in [0.25, 0.3) is 0 Å². The summed E-state index contributed by atoms with van der Waals surface area (Å²) in [6.45, 7) is 1.78. The molecule has 0 saturated carbocycles. The molecule has 0 radical (unpaired) electrons. The fraction of sp³-hybridized carbons (Fsp3) is 0.174. The first-order valence-electron chi connectivity index (χ1n) is 9.69. The Hall–Kier alpha value is -2.58. The van der Waals surface area contributed by atoms with Gasteiger partial charge in [0.1, 0.15) is 17.6 Å². The van der Waals surface area contributed by atoms with Crippen LogP contribution in [0.3, 0.4) is 0 Å². The van der Waals surface area contributed by atoms with E-state index in [1.807, 2.05) is 17.0 Å². The molecule has 1 N–H and O–H groups in total. The number of sulfone groups is 1. The van der Waals surface area contributed by atoms with Crippen LogP contribution in [-0.4, -0.2) is 37.6 Å². The number of halogens is 2. The first-order valence-corrected chi connectivity index (χ1v) is 12.3. The fourth-order valence-corrected chi connectivity index (χ4v) is 4.32. The van der Waals surface area contributed by atoms with Crippen molar-refractivity contribution in [2.24, 2.45) is 4.99 Å². The third-order valence-corrected chi connectivity index (χ3v) is 6.79. The molecule has 0 aromatic heterocycles. The minimum absolute atomic E-state index is 0.193. The SMILES string of the molecule is CC1N(c2ccc(Cl)cc2)C(c2ccc(S(C)(=O)=O)cc2)=NC1(O)Oc1ccc(Cl)cc1. The van der Waals surface area contributed by atoms with Crippen molar-refractivity contribution in [2.75, 3.05) is 11.2 Å². The quantitative estimate of drug-likeness (QED) is 0.520. The minimum Gasteiger partial charge on any atom is -0.441 e. The van der Waals surface area contributed by atoms with Gasteiger partial charge >= 0.3 is 5.91 Å². The van der Waals surface area contributed by atoms with Crippen LogP contribution in [0.2, 0.25) is 10.0 Å². The smallest absolute Gasteiger partial charge is 0.333 e. The molecule has 0 bridgehead atoms. The Morgan fingerprint density at radius 2 is 1.47 bits per heavy atom. The second-order valence-corrected chi connectivity index (χ2v) is 10.4. The number of nitrogens with zero attached hydrogens (tertiary/aromatic N) is 2. The molecule has 9 heteroatoms. The number of aliphatic hydroxyl groups is 1. The van der Waals surface area contributed by atoms with E-state index in [1.165, 1.54) is 12.1 Å². The third kappa shape index (κ3) is 4.47. The first kappa shape index (κ1) is 22.6. The second kappa shape index (κ2) is 8.41. The lowest BCUT2D eigenvalue weighted by atomic mass is 10.1. The highest BCUT2D eigenvalue weighted by atomic mass is 35.5. The molecular formula is C23H20Cl2N2O4S. The van der Waals surface area contributed by atoms with Crippen LogP contribution >= 0.6 is 23.2 Å². The molecule has 1 aliphatic rings. The van der Waals surface area contributed by atoms with E-state index in [2.05, 4.69) is 4.99 Å². The summed E-state index contributed by atoms with van der Waals surface area (Å²) in [5.74, 6) is -1.08. The van der Waals surface area contributed by atoms with Gasteiger partial charge in [-0.05, 0) is 79.7 Å². The van der Waals surface area contributed by atoms with Gasteiger partial charge in [-0.2, -0.15) is 4.99 Å². The summed E-state index contributed by atoms with van der Waals surface area (Å²) in [6, 6.07) is 19.4. The van der Waals surface area contributed by atoms with Crippen molar-refractivity contribution in [3.63, 3.8) is 0 Å². The van der Waals surface area contributed by atoms with Gasteiger partial charge in [-0.3, -0.25) is 0 Å². The van der Waals surface area contributed by atoms with Crippen molar-refractivity contribution in [3.8, 4) is 5.75 Å². The van der Waals surface area contributed by atoms with Gasteiger partial charge in [-0.15, -0.1) is 0 Å². The maximum Gasteiger partial charge on any atom is 0.333 e. The van der Waals surface area contributed by atoms with Crippen LogP contribution in [0.5, 0.6) is 5.75 Å². The Labute approximate surface area is 196 Å². The molecule has 0 fully saturated rings. The van der Waals surface area contributed by atoms with E-state index in [4.69, 9.17) is 27.9 Å². The lowest BCUT2D eigenvalue weighted by molar-refractivity contribution is -0.135. The zero-order chi connectivity index (χ0) is 23.1. The van der Waals surface area contributed by atoms with Crippen LogP contribution in [0.1, 0.15) is 12.5 Å². The molecule has 2 atom stereocenters. The molecule has 1 heterocycles. The average molecular weight is 491 g/mol. The number of ether oxygens (including phenoxy) is 1. The number of benzene rings is 3. The molecule has 0 aliphatic carbocycles. The van der Waals surface area contributed by atoms with E-state index in [-0.39, 0.29) is 4.90 Å². The average Bonchev–Trinajstić information content (AvgIpc) is 3.01. The topological polar surface area (TPSA) is 79.2 Å². The molecule has 1 aliphatic heterocycles. The highest BCUT2D eigenvalue weighted by molar-refractivity contribution is 7.90. The molecule has 3 aromatic rings. The van der Waals surface area contributed by atoms with E-state index in [9.17, 15) is 13.5 Å². The van der Waals surface area contributed by atoms with Gasteiger partial charge in [0.2, 0.25) is 0 Å². The van der Waals surface area contributed by atoms with Crippen molar-refractivity contribution in [1.29, 1.82) is 0 Å². The third-order valence-electron chi connectivity index (χ3n) is 5.15. The maximum atomic E-state index is 11.8. The lowest BCUT2D eigenvalue weighted by Crippen LogP contribution is -2.49. The Morgan fingerprint density at radius 1 is 0.938 bits per heavy atom. The predicted molar refractivity (Wildman–Crippen MR) is 127 cm³/mol. The minimum atomic E-state index is -3.34. The second-order valence-electron chi connectivity index (χ2n) is 7.47. The van der Waals surface area contributed by atoms with Crippen molar-refractivity contribution >= 4 is 44.6 Å². The molecule has 166 valence electrons. The molecule has 0 amide bonds. The first-order chi connectivity index (χ1) is 15.1. The normalized spacial score (nSPS) is 20.8. The van der Waals surface area contributed by atoms with Crippen LogP contribution < -0.4 is 9.64 Å². The number of rotatable bonds is 5. The summed E-state index contributed by atoms with van der Waals surface area (Å²) < 4.78 is 29.6. The van der Waals surface area contributed by atoms with Gasteiger partial charge in [-0.1, -0.05) is 23.2 Å². The fourth-order valence-electron chi connectivity index (χ4n) is 3.44. The number of hydrogen-bond donors (Lipinski definition) is 1. The van der Waals surface area contributed by atoms with Crippen LogP contribution in [0.25, 0.3) is 0 Å². The molecule has 32 heavy (non-hydrogen) atoms. The lowest BCUT2D eigenvalue weighted by Gasteiger charge is -2.31. The molecule has 3 aromatic carbocycles. The molecule has 0 saturated heterocycles. The number of anilines is 1. The van der Waals surface area contributed by atoms with E-state index in [0.29, 0.717) is 27.2 Å². The van der Waals surface area contributed by atoms with E-state index >= 15 is 0 Å². The van der Waals surface area contributed by atoms with Gasteiger partial charge < -0.3 is 14.7 Å². The number of amidine groups is 1. The summed E-state index contributed by atoms with van der Waals surface area (Å²) in [5, 5.41) is 12.5. The summed E-state index contributed by atoms with van der Waals surface area (Å²) in [6.07, 6.45) is 1.15. The highest BCUT2D eigenvalue weighted by Crippen LogP contribution is 2.36. The van der Waals surface area contributed by atoms with Crippen molar-refractivity contribution < 1.29 is 18.3 Å². The monoisotopic (exact) mass is 490 g/mol. The zero-order valence-corrected chi connectivity index (χ0v) is 19.6. The molecule has 6 nitrogen and oxygen atoms in total. The Bertz CT molecular complexity index is 1260. The zero-order valence-electron chi connectivity index (χ0n) is 17.2. The van der Waals surface area contributed by atoms with E-state index in [1.54, 1.807) is 55.5 Å². The van der Waals surface area contributed by atoms with Crippen LogP contribution in [0.4, 0.5) is 5.69 Å². The van der Waals surface area contributed by atoms with Crippen LogP contribution in [-0.2, 0) is 9.84 Å². The van der Waals surface area contributed by atoms with Gasteiger partial charge in [0.15, 0.2) is 9.84 Å². The highest BCUT2D eigenvalue weighted by Gasteiger charge is 2.48. The maximum absolute atomic E-state index is 11.8. The summed E-state index contributed by atoms with van der Waals surface area (Å²) in [7, 11) is -3.34. The summed E-state index contributed by atoms with van der Waals surface area (Å²) in [4.78, 5) is 6.54.